The summed E-state index contributed by atoms with van der Waals surface area (Å²) in [6, 6.07) is 3.69. The maximum Gasteiger partial charge on any atom is 0.224 e. The Hall–Kier alpha value is -1.69. The zero-order chi connectivity index (χ0) is 13.8. The highest BCUT2D eigenvalue weighted by Crippen LogP contribution is 2.24. The Morgan fingerprint density at radius 1 is 1.63 bits per heavy atom. The number of nitrogens with one attached hydrogen (secondary N) is 1. The molecule has 0 saturated carbocycles. The summed E-state index contributed by atoms with van der Waals surface area (Å²) in [7, 11) is 1.67. The number of rotatable bonds is 3. The van der Waals surface area contributed by atoms with Crippen LogP contribution in [0.5, 0.6) is 0 Å². The highest BCUT2D eigenvalue weighted by molar-refractivity contribution is 7.80. The molecule has 6 heteroatoms. The molecule has 0 bridgehead atoms. The van der Waals surface area contributed by atoms with Crippen molar-refractivity contribution in [3.05, 3.63) is 23.9 Å². The number of amides is 1. The minimum atomic E-state index is -0.0000444. The monoisotopic (exact) mass is 278 g/mol. The average molecular weight is 278 g/mol. The van der Waals surface area contributed by atoms with Gasteiger partial charge in [-0.3, -0.25) is 4.79 Å². The molecular formula is C13H18N4OS. The summed E-state index contributed by atoms with van der Waals surface area (Å²) in [6.07, 6.45) is 3.59. The zero-order valence-electron chi connectivity index (χ0n) is 10.9. The minimum absolute atomic E-state index is 0.0000444. The second kappa shape index (κ2) is 5.97. The first kappa shape index (κ1) is 13.7. The largest absolute Gasteiger partial charge is 0.389 e. The number of carbonyl (C=O) groups excluding carboxylic acids is 1. The van der Waals surface area contributed by atoms with Crippen molar-refractivity contribution in [2.24, 2.45) is 11.7 Å². The third-order valence-corrected chi connectivity index (χ3v) is 3.61. The van der Waals surface area contributed by atoms with E-state index in [1.165, 1.54) is 0 Å². The molecule has 1 saturated heterocycles. The van der Waals surface area contributed by atoms with Crippen molar-refractivity contribution in [2.75, 3.05) is 25.0 Å². The van der Waals surface area contributed by atoms with Crippen LogP contribution in [0.4, 0.5) is 5.82 Å². The molecule has 0 radical (unpaired) electrons. The number of aromatic nitrogens is 1. The molecular weight excluding hydrogens is 260 g/mol. The number of hydrogen-bond donors (Lipinski definition) is 2. The fourth-order valence-electron chi connectivity index (χ4n) is 2.43. The summed E-state index contributed by atoms with van der Waals surface area (Å²) in [5.41, 5.74) is 6.50. The third kappa shape index (κ3) is 3.01. The molecule has 0 spiro atoms. The molecule has 1 aromatic heterocycles. The van der Waals surface area contributed by atoms with Gasteiger partial charge in [0.2, 0.25) is 5.91 Å². The van der Waals surface area contributed by atoms with E-state index in [4.69, 9.17) is 18.0 Å². The molecule has 1 fully saturated rings. The van der Waals surface area contributed by atoms with Crippen molar-refractivity contribution < 1.29 is 4.79 Å². The van der Waals surface area contributed by atoms with Crippen LogP contribution in [-0.2, 0) is 4.79 Å². The molecule has 5 nitrogen and oxygen atoms in total. The summed E-state index contributed by atoms with van der Waals surface area (Å²) in [4.78, 5) is 18.6. The number of carbonyl (C=O) groups is 1. The maximum atomic E-state index is 11.8. The van der Waals surface area contributed by atoms with Gasteiger partial charge in [0.1, 0.15) is 10.8 Å². The molecule has 1 atom stereocenters. The predicted molar refractivity (Wildman–Crippen MR) is 79.1 cm³/mol. The molecule has 0 aliphatic carbocycles. The van der Waals surface area contributed by atoms with E-state index in [0.29, 0.717) is 11.5 Å². The molecule has 3 N–H and O–H groups in total. The SMILES string of the molecule is CNC(=O)C1CCCN(c2ncccc2C(N)=S)C1. The Labute approximate surface area is 118 Å². The molecule has 0 aromatic carbocycles. The van der Waals surface area contributed by atoms with Crippen LogP contribution in [0.1, 0.15) is 18.4 Å². The van der Waals surface area contributed by atoms with Gasteiger partial charge in [0.05, 0.1) is 11.5 Å². The fraction of sp³-hybridized carbons (Fsp3) is 0.462. The lowest BCUT2D eigenvalue weighted by Gasteiger charge is -2.33. The third-order valence-electron chi connectivity index (χ3n) is 3.39. The van der Waals surface area contributed by atoms with Crippen LogP contribution < -0.4 is 16.0 Å². The first-order valence-corrected chi connectivity index (χ1v) is 6.75. The summed E-state index contributed by atoms with van der Waals surface area (Å²) in [5, 5.41) is 2.71. The summed E-state index contributed by atoms with van der Waals surface area (Å²) in [5.74, 6) is 0.862. The van der Waals surface area contributed by atoms with Crippen LogP contribution in [0.3, 0.4) is 0 Å². The van der Waals surface area contributed by atoms with Crippen molar-refractivity contribution in [1.29, 1.82) is 0 Å². The van der Waals surface area contributed by atoms with E-state index in [1.54, 1.807) is 13.2 Å². The van der Waals surface area contributed by atoms with E-state index < -0.39 is 0 Å². The van der Waals surface area contributed by atoms with Gasteiger partial charge in [0.25, 0.3) is 0 Å². The second-order valence-electron chi connectivity index (χ2n) is 4.64. The molecule has 1 aliphatic heterocycles. The Balaban J connectivity index is 2.22. The van der Waals surface area contributed by atoms with Crippen LogP contribution in [0.25, 0.3) is 0 Å². The normalized spacial score (nSPS) is 19.0. The zero-order valence-corrected chi connectivity index (χ0v) is 11.7. The summed E-state index contributed by atoms with van der Waals surface area (Å²) in [6.45, 7) is 1.53. The van der Waals surface area contributed by atoms with Crippen molar-refractivity contribution >= 4 is 28.9 Å². The van der Waals surface area contributed by atoms with E-state index in [-0.39, 0.29) is 11.8 Å². The van der Waals surface area contributed by atoms with Gasteiger partial charge in [-0.15, -0.1) is 0 Å². The number of nitrogens with zero attached hydrogens (tertiary/aromatic N) is 2. The number of thiocarbonyl (C=S) groups is 1. The topological polar surface area (TPSA) is 71.2 Å². The van der Waals surface area contributed by atoms with Gasteiger partial charge >= 0.3 is 0 Å². The molecule has 1 aromatic rings. The first-order valence-electron chi connectivity index (χ1n) is 6.35. The molecule has 2 heterocycles. The van der Waals surface area contributed by atoms with E-state index in [9.17, 15) is 4.79 Å². The lowest BCUT2D eigenvalue weighted by atomic mass is 9.97. The van der Waals surface area contributed by atoms with Crippen LogP contribution in [0.2, 0.25) is 0 Å². The van der Waals surface area contributed by atoms with Crippen molar-refractivity contribution in [3.63, 3.8) is 0 Å². The average Bonchev–Trinajstić information content (AvgIpc) is 2.46. The number of piperidine rings is 1. The molecule has 19 heavy (non-hydrogen) atoms. The molecule has 1 amide bonds. The lowest BCUT2D eigenvalue weighted by Crippen LogP contribution is -2.43. The Bertz CT molecular complexity index is 491. The van der Waals surface area contributed by atoms with Crippen LogP contribution in [0.15, 0.2) is 18.3 Å². The molecule has 1 aliphatic rings. The van der Waals surface area contributed by atoms with Crippen LogP contribution >= 0.6 is 12.2 Å². The van der Waals surface area contributed by atoms with Crippen LogP contribution in [0, 0.1) is 5.92 Å². The highest BCUT2D eigenvalue weighted by atomic mass is 32.1. The van der Waals surface area contributed by atoms with Gasteiger partial charge in [-0.05, 0) is 25.0 Å². The van der Waals surface area contributed by atoms with Crippen LogP contribution in [-0.4, -0.2) is 36.0 Å². The predicted octanol–water partition coefficient (Wildman–Crippen LogP) is 0.678. The number of nitrogens with two attached hydrogens (primary N) is 1. The summed E-state index contributed by atoms with van der Waals surface area (Å²) < 4.78 is 0. The Kier molecular flexibility index (Phi) is 4.31. The molecule has 1 unspecified atom stereocenters. The molecule has 2 rings (SSSR count). The van der Waals surface area contributed by atoms with E-state index in [2.05, 4.69) is 15.2 Å². The number of anilines is 1. The number of hydrogen-bond acceptors (Lipinski definition) is 4. The number of pyridine rings is 1. The minimum Gasteiger partial charge on any atom is -0.389 e. The van der Waals surface area contributed by atoms with E-state index in [0.717, 1.165) is 30.8 Å². The van der Waals surface area contributed by atoms with Gasteiger partial charge < -0.3 is 16.0 Å². The first-order chi connectivity index (χ1) is 9.13. The van der Waals surface area contributed by atoms with Crippen molar-refractivity contribution in [3.8, 4) is 0 Å². The Morgan fingerprint density at radius 2 is 2.42 bits per heavy atom. The van der Waals surface area contributed by atoms with Gasteiger partial charge in [-0.1, -0.05) is 12.2 Å². The standard InChI is InChI=1S/C13H18N4OS/c1-15-13(18)9-4-3-7-17(8-9)12-10(11(14)19)5-2-6-16-12/h2,5-6,9H,3-4,7-8H2,1H3,(H2,14,19)(H,15,18). The maximum absolute atomic E-state index is 11.8. The van der Waals surface area contributed by atoms with Gasteiger partial charge in [0.15, 0.2) is 0 Å². The smallest absolute Gasteiger partial charge is 0.224 e. The summed E-state index contributed by atoms with van der Waals surface area (Å²) >= 11 is 5.05. The second-order valence-corrected chi connectivity index (χ2v) is 5.08. The lowest BCUT2D eigenvalue weighted by molar-refractivity contribution is -0.124. The van der Waals surface area contributed by atoms with E-state index in [1.807, 2.05) is 12.1 Å². The van der Waals surface area contributed by atoms with Gasteiger partial charge in [-0.25, -0.2) is 4.98 Å². The van der Waals surface area contributed by atoms with Crippen molar-refractivity contribution in [1.82, 2.24) is 10.3 Å². The fourth-order valence-corrected chi connectivity index (χ4v) is 2.59. The van der Waals surface area contributed by atoms with E-state index >= 15 is 0 Å². The Morgan fingerprint density at radius 3 is 3.11 bits per heavy atom. The van der Waals surface area contributed by atoms with Gasteiger partial charge in [0, 0.05) is 26.3 Å². The van der Waals surface area contributed by atoms with Crippen molar-refractivity contribution in [2.45, 2.75) is 12.8 Å². The highest BCUT2D eigenvalue weighted by Gasteiger charge is 2.27. The molecule has 102 valence electrons. The van der Waals surface area contributed by atoms with Gasteiger partial charge in [-0.2, -0.15) is 0 Å². The quantitative estimate of drug-likeness (QED) is 0.796.